The van der Waals surface area contributed by atoms with Crippen molar-refractivity contribution in [2.75, 3.05) is 11.5 Å². The van der Waals surface area contributed by atoms with Crippen molar-refractivity contribution < 1.29 is 23.1 Å². The number of carbonyl (C=O) groups is 2. The summed E-state index contributed by atoms with van der Waals surface area (Å²) in [5.41, 5.74) is 2.15. The van der Waals surface area contributed by atoms with Gasteiger partial charge in [0.1, 0.15) is 0 Å². The fraction of sp³-hybridized carbons (Fsp3) is 0.500. The van der Waals surface area contributed by atoms with Gasteiger partial charge in [0.25, 0.3) is 0 Å². The van der Waals surface area contributed by atoms with E-state index in [0.29, 0.717) is 11.7 Å². The maximum Gasteiger partial charge on any atom is 0.248 e. The molecule has 9 heteroatoms. The molecule has 2 saturated heterocycles. The lowest BCUT2D eigenvalue weighted by Gasteiger charge is -2.24. The molecule has 7 nitrogen and oxygen atoms in total. The van der Waals surface area contributed by atoms with Gasteiger partial charge in [-0.05, 0) is 25.3 Å². The van der Waals surface area contributed by atoms with Crippen molar-refractivity contribution >= 4 is 38.6 Å². The molecule has 27 heavy (non-hydrogen) atoms. The molecule has 2 heterocycles. The Morgan fingerprint density at radius 2 is 1.93 bits per heavy atom. The summed E-state index contributed by atoms with van der Waals surface area (Å²) in [4.78, 5) is 28.6. The zero-order valence-corrected chi connectivity index (χ0v) is 16.6. The Morgan fingerprint density at radius 3 is 2.59 bits per heavy atom. The minimum Gasteiger partial charge on any atom is -0.550 e. The Morgan fingerprint density at radius 1 is 1.22 bits per heavy atom. The first-order chi connectivity index (χ1) is 12.7. The van der Waals surface area contributed by atoms with Crippen LogP contribution in [0.3, 0.4) is 0 Å². The molecule has 0 N–H and O–H groups in total. The van der Waals surface area contributed by atoms with E-state index in [2.05, 4.69) is 4.99 Å². The molecule has 146 valence electrons. The number of aryl methyl sites for hydroxylation is 1. The third kappa shape index (κ3) is 5.10. The van der Waals surface area contributed by atoms with Crippen LogP contribution in [0, 0.1) is 6.92 Å². The van der Waals surface area contributed by atoms with E-state index in [9.17, 15) is 23.1 Å². The van der Waals surface area contributed by atoms with Crippen LogP contribution in [0.15, 0.2) is 29.3 Å². The average molecular weight is 410 g/mol. The highest BCUT2D eigenvalue weighted by molar-refractivity contribution is 8.15. The molecule has 0 aliphatic carbocycles. The number of carboxylic acid groups (broad SMARTS) is 1. The van der Waals surface area contributed by atoms with Crippen molar-refractivity contribution in [1.82, 2.24) is 4.90 Å². The number of hydrogen-bond donors (Lipinski definition) is 0. The Bertz CT molecular complexity index is 864. The van der Waals surface area contributed by atoms with Crippen molar-refractivity contribution in [2.24, 2.45) is 4.99 Å². The van der Waals surface area contributed by atoms with Crippen LogP contribution in [0.25, 0.3) is 0 Å². The monoisotopic (exact) mass is 409 g/mol. The second-order valence-electron chi connectivity index (χ2n) is 6.93. The number of aliphatic imine (C=N–C) groups is 1. The highest BCUT2D eigenvalue weighted by atomic mass is 32.2. The summed E-state index contributed by atoms with van der Waals surface area (Å²) in [5.74, 6) is -1.43. The largest absolute Gasteiger partial charge is 0.550 e. The average Bonchev–Trinajstić information content (AvgIpc) is 3.02. The first kappa shape index (κ1) is 19.9. The number of carboxylic acids is 1. The summed E-state index contributed by atoms with van der Waals surface area (Å²) >= 11 is 1.33. The third-order valence-corrected chi connectivity index (χ3v) is 7.89. The number of sulfone groups is 1. The van der Waals surface area contributed by atoms with Gasteiger partial charge >= 0.3 is 0 Å². The standard InChI is InChI=1S/C18H22N2O5S2/c1-12-5-7-13(8-6-12)9-20-14-10-27(24,25)11-15(14)26-18(20)19-16(21)3-2-4-17(22)23/h5-8,14-15H,2-4,9-11H2,1H3,(H,22,23)/p-1/t14-,15-/m1/s1. The van der Waals surface area contributed by atoms with E-state index in [1.165, 1.54) is 11.8 Å². The van der Waals surface area contributed by atoms with Crippen LogP contribution >= 0.6 is 11.8 Å². The van der Waals surface area contributed by atoms with Crippen molar-refractivity contribution in [1.29, 1.82) is 0 Å². The lowest BCUT2D eigenvalue weighted by molar-refractivity contribution is -0.305. The summed E-state index contributed by atoms with van der Waals surface area (Å²) < 4.78 is 24.0. The van der Waals surface area contributed by atoms with Gasteiger partial charge in [0, 0.05) is 24.2 Å². The molecule has 1 aromatic carbocycles. The van der Waals surface area contributed by atoms with Crippen LogP contribution in [0.2, 0.25) is 0 Å². The van der Waals surface area contributed by atoms with Crippen LogP contribution in [-0.2, 0) is 26.0 Å². The third-order valence-electron chi connectivity index (χ3n) is 4.64. The number of amides is 1. The smallest absolute Gasteiger partial charge is 0.248 e. The molecular weight excluding hydrogens is 388 g/mol. The Kier molecular flexibility index (Phi) is 5.90. The number of thioether (sulfide) groups is 1. The van der Waals surface area contributed by atoms with Gasteiger partial charge in [-0.2, -0.15) is 4.99 Å². The zero-order chi connectivity index (χ0) is 19.6. The van der Waals surface area contributed by atoms with E-state index in [1.54, 1.807) is 0 Å². The summed E-state index contributed by atoms with van der Waals surface area (Å²) in [6.07, 6.45) is 0.0339. The van der Waals surface area contributed by atoms with Gasteiger partial charge in [-0.3, -0.25) is 4.79 Å². The van der Waals surface area contributed by atoms with Crippen LogP contribution in [0.4, 0.5) is 0 Å². The molecule has 1 amide bonds. The first-order valence-electron chi connectivity index (χ1n) is 8.74. The van der Waals surface area contributed by atoms with E-state index < -0.39 is 21.7 Å². The fourth-order valence-corrected chi connectivity index (χ4v) is 7.23. The molecule has 0 aromatic heterocycles. The topological polar surface area (TPSA) is 107 Å². The predicted molar refractivity (Wildman–Crippen MR) is 102 cm³/mol. The van der Waals surface area contributed by atoms with Gasteiger partial charge in [0.2, 0.25) is 5.91 Å². The maximum absolute atomic E-state index is 12.1. The van der Waals surface area contributed by atoms with E-state index >= 15 is 0 Å². The quantitative estimate of drug-likeness (QED) is 0.674. The SMILES string of the molecule is Cc1ccc(CN2C(=NC(=O)CCCC(=O)[O-])S[C@@H]3CS(=O)(=O)C[C@H]32)cc1. The van der Waals surface area contributed by atoms with Gasteiger partial charge < -0.3 is 14.8 Å². The minimum absolute atomic E-state index is 0.0318. The number of amidine groups is 1. The normalized spacial score (nSPS) is 24.9. The Hall–Kier alpha value is -1.87. The number of hydrogen-bond acceptors (Lipinski definition) is 6. The van der Waals surface area contributed by atoms with E-state index in [-0.39, 0.29) is 42.1 Å². The van der Waals surface area contributed by atoms with Gasteiger partial charge in [0.05, 0.1) is 17.5 Å². The summed E-state index contributed by atoms with van der Waals surface area (Å²) in [7, 11) is -3.09. The van der Waals surface area contributed by atoms with Gasteiger partial charge in [-0.25, -0.2) is 8.42 Å². The van der Waals surface area contributed by atoms with Crippen LogP contribution in [0.1, 0.15) is 30.4 Å². The molecule has 0 spiro atoms. The molecule has 0 saturated carbocycles. The minimum atomic E-state index is -3.09. The molecule has 0 unspecified atom stereocenters. The second-order valence-corrected chi connectivity index (χ2v) is 10.3. The van der Waals surface area contributed by atoms with Gasteiger partial charge in [-0.15, -0.1) is 0 Å². The number of benzene rings is 1. The highest BCUT2D eigenvalue weighted by Crippen LogP contribution is 2.39. The van der Waals surface area contributed by atoms with Crippen molar-refractivity contribution in [3.05, 3.63) is 35.4 Å². The molecule has 0 radical (unpaired) electrons. The molecular formula is C18H21N2O5S2-. The van der Waals surface area contributed by atoms with E-state index in [0.717, 1.165) is 11.1 Å². The molecule has 3 rings (SSSR count). The summed E-state index contributed by atoms with van der Waals surface area (Å²) in [5, 5.41) is 10.9. The zero-order valence-electron chi connectivity index (χ0n) is 15.0. The molecule has 2 fully saturated rings. The Labute approximate surface area is 162 Å². The number of nitrogens with zero attached hydrogens (tertiary/aromatic N) is 2. The van der Waals surface area contributed by atoms with E-state index in [1.807, 2.05) is 36.1 Å². The molecule has 2 atom stereocenters. The maximum atomic E-state index is 12.1. The summed E-state index contributed by atoms with van der Waals surface area (Å²) in [6, 6.07) is 7.75. The predicted octanol–water partition coefficient (Wildman–Crippen LogP) is 0.512. The molecule has 1 aromatic rings. The molecule has 2 aliphatic heterocycles. The van der Waals surface area contributed by atoms with E-state index in [4.69, 9.17) is 0 Å². The lowest BCUT2D eigenvalue weighted by atomic mass is 10.1. The van der Waals surface area contributed by atoms with Gasteiger partial charge in [-0.1, -0.05) is 41.6 Å². The van der Waals surface area contributed by atoms with Crippen molar-refractivity contribution in [3.63, 3.8) is 0 Å². The summed E-state index contributed by atoms with van der Waals surface area (Å²) in [6.45, 7) is 2.47. The molecule has 2 aliphatic rings. The van der Waals surface area contributed by atoms with Crippen molar-refractivity contribution in [3.8, 4) is 0 Å². The number of carbonyl (C=O) groups excluding carboxylic acids is 2. The highest BCUT2D eigenvalue weighted by Gasteiger charge is 2.48. The lowest BCUT2D eigenvalue weighted by Crippen LogP contribution is -2.37. The number of aliphatic carboxylic acids is 1. The molecule has 0 bridgehead atoms. The van der Waals surface area contributed by atoms with Gasteiger partial charge in [0.15, 0.2) is 15.0 Å². The number of rotatable bonds is 6. The Balaban J connectivity index is 1.77. The van der Waals surface area contributed by atoms with Crippen LogP contribution in [0.5, 0.6) is 0 Å². The number of fused-ring (bicyclic) bond motifs is 1. The van der Waals surface area contributed by atoms with Crippen molar-refractivity contribution in [2.45, 2.75) is 44.0 Å². The van der Waals surface area contributed by atoms with Crippen LogP contribution < -0.4 is 5.11 Å². The second kappa shape index (κ2) is 8.02. The first-order valence-corrected chi connectivity index (χ1v) is 11.4. The fourth-order valence-electron chi connectivity index (χ4n) is 3.26. The van der Waals surface area contributed by atoms with Crippen LogP contribution in [-0.4, -0.2) is 53.2 Å².